The van der Waals surface area contributed by atoms with Gasteiger partial charge in [-0.15, -0.1) is 0 Å². The Morgan fingerprint density at radius 2 is 2.22 bits per heavy atom. The number of Topliss-reactive ketones (excluding diaryl/α,β-unsaturated/α-hetero) is 1. The van der Waals surface area contributed by atoms with Gasteiger partial charge in [0.1, 0.15) is 10.8 Å². The van der Waals surface area contributed by atoms with Gasteiger partial charge in [-0.1, -0.05) is 11.6 Å². The van der Waals surface area contributed by atoms with E-state index in [2.05, 4.69) is 15.0 Å². The Hall–Kier alpha value is -1.46. The molecule has 0 spiro atoms. The van der Waals surface area contributed by atoms with Gasteiger partial charge in [0.15, 0.2) is 5.78 Å². The topological polar surface area (TPSA) is 51.0 Å². The summed E-state index contributed by atoms with van der Waals surface area (Å²) in [6, 6.07) is 1.69. The number of pyridine rings is 1. The molecular formula is C12H15ClN4O. The van der Waals surface area contributed by atoms with E-state index in [0.717, 1.165) is 17.4 Å². The minimum Gasteiger partial charge on any atom is -0.308 e. The number of rotatable bonds is 4. The molecule has 0 aromatic carbocycles. The van der Waals surface area contributed by atoms with Crippen molar-refractivity contribution < 1.29 is 4.79 Å². The standard InChI is InChI=1S/C12H15ClN4O/c1-8(18)12-9-6-11(13)14-7-10(9)17(15-12)5-4-16(2)3/h6-7H,4-5H2,1-3H3. The lowest BCUT2D eigenvalue weighted by Gasteiger charge is -2.09. The summed E-state index contributed by atoms with van der Waals surface area (Å²) in [5.41, 5.74) is 1.29. The number of hydrogen-bond acceptors (Lipinski definition) is 4. The number of nitrogens with zero attached hydrogens (tertiary/aromatic N) is 4. The fraction of sp³-hybridized carbons (Fsp3) is 0.417. The summed E-state index contributed by atoms with van der Waals surface area (Å²) < 4.78 is 1.80. The number of aromatic nitrogens is 3. The maximum atomic E-state index is 11.6. The van der Waals surface area contributed by atoms with E-state index >= 15 is 0 Å². The molecule has 2 aromatic rings. The van der Waals surface area contributed by atoms with Crippen LogP contribution in [0.5, 0.6) is 0 Å². The molecule has 2 aromatic heterocycles. The first-order valence-corrected chi connectivity index (χ1v) is 6.04. The van der Waals surface area contributed by atoms with Crippen LogP contribution in [0.1, 0.15) is 17.4 Å². The van der Waals surface area contributed by atoms with Crippen LogP contribution in [0.25, 0.3) is 10.9 Å². The molecule has 0 atom stereocenters. The second-order valence-corrected chi connectivity index (χ2v) is 4.84. The highest BCUT2D eigenvalue weighted by atomic mass is 35.5. The highest BCUT2D eigenvalue weighted by Crippen LogP contribution is 2.21. The summed E-state index contributed by atoms with van der Waals surface area (Å²) in [6.45, 7) is 3.06. The van der Waals surface area contributed by atoms with E-state index < -0.39 is 0 Å². The van der Waals surface area contributed by atoms with Gasteiger partial charge in [0, 0.05) is 18.9 Å². The molecule has 0 bridgehead atoms. The number of carbonyl (C=O) groups is 1. The maximum Gasteiger partial charge on any atom is 0.180 e. The van der Waals surface area contributed by atoms with Gasteiger partial charge in [-0.2, -0.15) is 5.10 Å². The fourth-order valence-electron chi connectivity index (χ4n) is 1.77. The summed E-state index contributed by atoms with van der Waals surface area (Å²) in [5, 5.41) is 5.48. The quantitative estimate of drug-likeness (QED) is 0.626. The summed E-state index contributed by atoms with van der Waals surface area (Å²) in [4.78, 5) is 17.7. The van der Waals surface area contributed by atoms with Crippen LogP contribution in [-0.4, -0.2) is 46.1 Å². The third-order valence-corrected chi connectivity index (χ3v) is 2.90. The van der Waals surface area contributed by atoms with Crippen LogP contribution in [0.15, 0.2) is 12.3 Å². The molecule has 2 rings (SSSR count). The average molecular weight is 267 g/mol. The van der Waals surface area contributed by atoms with Crippen molar-refractivity contribution in [2.45, 2.75) is 13.5 Å². The molecule has 0 saturated carbocycles. The minimum atomic E-state index is -0.0640. The van der Waals surface area contributed by atoms with Gasteiger partial charge in [0.05, 0.1) is 18.3 Å². The van der Waals surface area contributed by atoms with Crippen LogP contribution >= 0.6 is 11.6 Å². The van der Waals surface area contributed by atoms with Crippen LogP contribution < -0.4 is 0 Å². The van der Waals surface area contributed by atoms with E-state index in [1.807, 2.05) is 14.1 Å². The molecule has 0 aliphatic rings. The highest BCUT2D eigenvalue weighted by molar-refractivity contribution is 6.30. The summed E-state index contributed by atoms with van der Waals surface area (Å²) in [6.07, 6.45) is 1.66. The van der Waals surface area contributed by atoms with E-state index in [9.17, 15) is 4.79 Å². The van der Waals surface area contributed by atoms with Crippen molar-refractivity contribution in [3.8, 4) is 0 Å². The summed E-state index contributed by atoms with van der Waals surface area (Å²) in [5.74, 6) is -0.0640. The van der Waals surface area contributed by atoms with Crippen molar-refractivity contribution in [1.82, 2.24) is 19.7 Å². The van der Waals surface area contributed by atoms with Gasteiger partial charge in [0.25, 0.3) is 0 Å². The van der Waals surface area contributed by atoms with Gasteiger partial charge in [0.2, 0.25) is 0 Å². The normalized spacial score (nSPS) is 11.4. The Balaban J connectivity index is 2.50. The lowest BCUT2D eigenvalue weighted by atomic mass is 10.2. The van der Waals surface area contributed by atoms with Gasteiger partial charge in [-0.3, -0.25) is 9.48 Å². The van der Waals surface area contributed by atoms with Crippen molar-refractivity contribution in [2.75, 3.05) is 20.6 Å². The molecule has 0 fully saturated rings. The number of likely N-dealkylation sites (N-methyl/N-ethyl adjacent to an activating group) is 1. The van der Waals surface area contributed by atoms with E-state index in [1.54, 1.807) is 16.9 Å². The zero-order valence-electron chi connectivity index (χ0n) is 10.6. The number of halogens is 1. The van der Waals surface area contributed by atoms with Gasteiger partial charge in [-0.25, -0.2) is 4.98 Å². The fourth-order valence-corrected chi connectivity index (χ4v) is 1.93. The number of carbonyl (C=O) groups excluding carboxylic acids is 1. The predicted octanol–water partition coefficient (Wildman–Crippen LogP) is 1.85. The van der Waals surface area contributed by atoms with Crippen molar-refractivity contribution >= 4 is 28.3 Å². The Labute approximate surface area is 110 Å². The van der Waals surface area contributed by atoms with Crippen molar-refractivity contribution in [3.63, 3.8) is 0 Å². The number of ketones is 1. The highest BCUT2D eigenvalue weighted by Gasteiger charge is 2.14. The minimum absolute atomic E-state index is 0.0640. The van der Waals surface area contributed by atoms with Crippen LogP contribution in [0.2, 0.25) is 5.15 Å². The van der Waals surface area contributed by atoms with Gasteiger partial charge < -0.3 is 4.90 Å². The molecule has 6 heteroatoms. The third kappa shape index (κ3) is 2.52. The van der Waals surface area contributed by atoms with Crippen molar-refractivity contribution in [1.29, 1.82) is 0 Å². The first kappa shape index (κ1) is 13.0. The molecule has 96 valence electrons. The summed E-state index contributed by atoms with van der Waals surface area (Å²) >= 11 is 5.86. The van der Waals surface area contributed by atoms with Crippen LogP contribution in [0, 0.1) is 0 Å². The largest absolute Gasteiger partial charge is 0.308 e. The number of hydrogen-bond donors (Lipinski definition) is 0. The SMILES string of the molecule is CC(=O)c1nn(CCN(C)C)c2cnc(Cl)cc12. The van der Waals surface area contributed by atoms with Crippen molar-refractivity contribution in [2.24, 2.45) is 0 Å². The molecule has 0 unspecified atom stereocenters. The molecule has 0 aliphatic heterocycles. The second-order valence-electron chi connectivity index (χ2n) is 4.46. The lowest BCUT2D eigenvalue weighted by Crippen LogP contribution is -2.19. The molecule has 0 aliphatic carbocycles. The van der Waals surface area contributed by atoms with E-state index in [1.165, 1.54) is 6.92 Å². The molecular weight excluding hydrogens is 252 g/mol. The van der Waals surface area contributed by atoms with E-state index in [0.29, 0.717) is 17.4 Å². The Bertz CT molecular complexity index is 591. The third-order valence-electron chi connectivity index (χ3n) is 2.70. The molecule has 0 N–H and O–H groups in total. The Morgan fingerprint density at radius 3 is 2.83 bits per heavy atom. The lowest BCUT2D eigenvalue weighted by molar-refractivity contribution is 0.101. The monoisotopic (exact) mass is 266 g/mol. The first-order chi connectivity index (χ1) is 8.49. The average Bonchev–Trinajstić information content (AvgIpc) is 2.64. The predicted molar refractivity (Wildman–Crippen MR) is 71.1 cm³/mol. The molecule has 0 radical (unpaired) electrons. The summed E-state index contributed by atoms with van der Waals surface area (Å²) in [7, 11) is 3.99. The van der Waals surface area contributed by atoms with Gasteiger partial charge >= 0.3 is 0 Å². The second kappa shape index (κ2) is 5.04. The van der Waals surface area contributed by atoms with Crippen LogP contribution in [-0.2, 0) is 6.54 Å². The molecule has 0 amide bonds. The van der Waals surface area contributed by atoms with E-state index in [-0.39, 0.29) is 5.78 Å². The first-order valence-electron chi connectivity index (χ1n) is 5.67. The van der Waals surface area contributed by atoms with Crippen LogP contribution in [0.3, 0.4) is 0 Å². The Kier molecular flexibility index (Phi) is 3.63. The smallest absolute Gasteiger partial charge is 0.180 e. The molecule has 18 heavy (non-hydrogen) atoms. The van der Waals surface area contributed by atoms with Gasteiger partial charge in [-0.05, 0) is 20.2 Å². The van der Waals surface area contributed by atoms with Crippen molar-refractivity contribution in [3.05, 3.63) is 23.1 Å². The van der Waals surface area contributed by atoms with Crippen LogP contribution in [0.4, 0.5) is 0 Å². The zero-order valence-corrected chi connectivity index (χ0v) is 11.4. The number of fused-ring (bicyclic) bond motifs is 1. The molecule has 2 heterocycles. The Morgan fingerprint density at radius 1 is 1.50 bits per heavy atom. The molecule has 0 saturated heterocycles. The zero-order chi connectivity index (χ0) is 13.3. The molecule has 5 nitrogen and oxygen atoms in total. The maximum absolute atomic E-state index is 11.6. The van der Waals surface area contributed by atoms with E-state index in [4.69, 9.17) is 11.6 Å².